The lowest BCUT2D eigenvalue weighted by Gasteiger charge is -2.21. The topological polar surface area (TPSA) is 12.0 Å². The van der Waals surface area contributed by atoms with Crippen molar-refractivity contribution < 1.29 is 0 Å². The minimum atomic E-state index is 0.472. The van der Waals surface area contributed by atoms with Crippen LogP contribution in [0.25, 0.3) is 0 Å². The molecular weight excluding hydrogens is 254 g/mol. The van der Waals surface area contributed by atoms with Gasteiger partial charge in [-0.15, -0.1) is 0 Å². The summed E-state index contributed by atoms with van der Waals surface area (Å²) in [7, 11) is 0. The van der Waals surface area contributed by atoms with Gasteiger partial charge in [0.1, 0.15) is 0 Å². The highest BCUT2D eigenvalue weighted by molar-refractivity contribution is 5.32. The Morgan fingerprint density at radius 2 is 1.76 bits per heavy atom. The lowest BCUT2D eigenvalue weighted by Crippen LogP contribution is -2.22. The number of nitrogens with one attached hydrogen (secondary N) is 1. The third-order valence-electron chi connectivity index (χ3n) is 4.05. The summed E-state index contributed by atoms with van der Waals surface area (Å²) in [4.78, 5) is 0. The smallest absolute Gasteiger partial charge is 0.0322 e. The molecule has 0 saturated carbocycles. The Bertz CT molecular complexity index is 545. The minimum absolute atomic E-state index is 0.472. The number of hydrogen-bond donors (Lipinski definition) is 1. The van der Waals surface area contributed by atoms with Gasteiger partial charge < -0.3 is 5.32 Å². The Hall–Kier alpha value is -1.60. The van der Waals surface area contributed by atoms with E-state index in [9.17, 15) is 0 Å². The van der Waals surface area contributed by atoms with Crippen molar-refractivity contribution in [2.24, 2.45) is 0 Å². The second kappa shape index (κ2) is 7.99. The van der Waals surface area contributed by atoms with Crippen LogP contribution >= 0.6 is 0 Å². The second-order valence-electron chi connectivity index (χ2n) is 5.85. The average molecular weight is 281 g/mol. The summed E-state index contributed by atoms with van der Waals surface area (Å²) >= 11 is 0. The molecule has 0 radical (unpaired) electrons. The van der Waals surface area contributed by atoms with E-state index in [-0.39, 0.29) is 0 Å². The van der Waals surface area contributed by atoms with E-state index in [1.165, 1.54) is 35.1 Å². The van der Waals surface area contributed by atoms with Gasteiger partial charge in [-0.1, -0.05) is 61.0 Å². The predicted octanol–water partition coefficient (Wildman–Crippen LogP) is 4.98. The van der Waals surface area contributed by atoms with Crippen LogP contribution in [0.2, 0.25) is 0 Å². The van der Waals surface area contributed by atoms with Crippen molar-refractivity contribution in [2.45, 2.75) is 46.1 Å². The zero-order valence-electron chi connectivity index (χ0n) is 13.5. The van der Waals surface area contributed by atoms with Crippen LogP contribution < -0.4 is 5.32 Å². The van der Waals surface area contributed by atoms with Crippen molar-refractivity contribution in [1.29, 1.82) is 0 Å². The van der Waals surface area contributed by atoms with Crippen molar-refractivity contribution in [1.82, 2.24) is 5.32 Å². The van der Waals surface area contributed by atoms with Crippen molar-refractivity contribution in [3.63, 3.8) is 0 Å². The summed E-state index contributed by atoms with van der Waals surface area (Å²) in [6.45, 7) is 7.59. The Kier molecular flexibility index (Phi) is 6.01. The SMILES string of the molecule is CCNC(CCCc1ccccc1)c1ccc(C)cc1C. The van der Waals surface area contributed by atoms with E-state index in [0.717, 1.165) is 13.0 Å². The van der Waals surface area contributed by atoms with Crippen LogP contribution in [-0.4, -0.2) is 6.54 Å². The first-order valence-electron chi connectivity index (χ1n) is 8.05. The van der Waals surface area contributed by atoms with Gasteiger partial charge in [-0.05, 0) is 56.3 Å². The maximum atomic E-state index is 3.65. The third-order valence-corrected chi connectivity index (χ3v) is 4.05. The Morgan fingerprint density at radius 1 is 1.00 bits per heavy atom. The first-order valence-corrected chi connectivity index (χ1v) is 8.05. The van der Waals surface area contributed by atoms with Gasteiger partial charge in [0.25, 0.3) is 0 Å². The zero-order valence-corrected chi connectivity index (χ0v) is 13.5. The summed E-state index contributed by atoms with van der Waals surface area (Å²) < 4.78 is 0. The highest BCUT2D eigenvalue weighted by atomic mass is 14.9. The molecule has 0 saturated heterocycles. The molecule has 1 heteroatoms. The summed E-state index contributed by atoms with van der Waals surface area (Å²) in [5.41, 5.74) is 5.64. The van der Waals surface area contributed by atoms with Crippen molar-refractivity contribution in [2.75, 3.05) is 6.54 Å². The highest BCUT2D eigenvalue weighted by Crippen LogP contribution is 2.23. The first-order chi connectivity index (χ1) is 10.2. The van der Waals surface area contributed by atoms with Gasteiger partial charge in [-0.3, -0.25) is 0 Å². The van der Waals surface area contributed by atoms with Crippen LogP contribution in [0, 0.1) is 13.8 Å². The molecule has 1 N–H and O–H groups in total. The summed E-state index contributed by atoms with van der Waals surface area (Å²) in [6, 6.07) is 18.1. The van der Waals surface area contributed by atoms with Gasteiger partial charge in [0, 0.05) is 6.04 Å². The molecule has 1 unspecified atom stereocenters. The van der Waals surface area contributed by atoms with Gasteiger partial charge in [0.15, 0.2) is 0 Å². The standard InChI is InChI=1S/C20H27N/c1-4-21-20(19-14-13-16(2)15-17(19)3)12-8-11-18-9-6-5-7-10-18/h5-7,9-10,13-15,20-21H,4,8,11-12H2,1-3H3. The van der Waals surface area contributed by atoms with Gasteiger partial charge in [-0.25, -0.2) is 0 Å². The van der Waals surface area contributed by atoms with E-state index in [4.69, 9.17) is 0 Å². The highest BCUT2D eigenvalue weighted by Gasteiger charge is 2.12. The summed E-state index contributed by atoms with van der Waals surface area (Å²) in [5, 5.41) is 3.65. The molecule has 112 valence electrons. The monoisotopic (exact) mass is 281 g/mol. The first kappa shape index (κ1) is 15.8. The molecule has 0 bridgehead atoms. The third kappa shape index (κ3) is 4.71. The Morgan fingerprint density at radius 3 is 2.43 bits per heavy atom. The van der Waals surface area contributed by atoms with Crippen LogP contribution in [0.1, 0.15) is 48.1 Å². The van der Waals surface area contributed by atoms with E-state index >= 15 is 0 Å². The van der Waals surface area contributed by atoms with Gasteiger partial charge >= 0.3 is 0 Å². The normalized spacial score (nSPS) is 12.3. The molecular formula is C20H27N. The Balaban J connectivity index is 1.98. The number of hydrogen-bond acceptors (Lipinski definition) is 1. The van der Waals surface area contributed by atoms with E-state index < -0.39 is 0 Å². The number of benzene rings is 2. The largest absolute Gasteiger partial charge is 0.310 e. The maximum Gasteiger partial charge on any atom is 0.0322 e. The summed E-state index contributed by atoms with van der Waals surface area (Å²) in [6.07, 6.45) is 3.56. The fraction of sp³-hybridized carbons (Fsp3) is 0.400. The number of aryl methyl sites for hydroxylation is 3. The zero-order chi connectivity index (χ0) is 15.1. The van der Waals surface area contributed by atoms with E-state index in [1.807, 2.05) is 0 Å². The summed E-state index contributed by atoms with van der Waals surface area (Å²) in [5.74, 6) is 0. The molecule has 2 aromatic carbocycles. The van der Waals surface area contributed by atoms with Crippen molar-refractivity contribution in [3.05, 3.63) is 70.8 Å². The molecule has 0 aliphatic rings. The second-order valence-corrected chi connectivity index (χ2v) is 5.85. The fourth-order valence-corrected chi connectivity index (χ4v) is 2.99. The minimum Gasteiger partial charge on any atom is -0.310 e. The molecule has 0 aliphatic carbocycles. The molecule has 21 heavy (non-hydrogen) atoms. The molecule has 0 spiro atoms. The van der Waals surface area contributed by atoms with E-state index in [1.54, 1.807) is 0 Å². The van der Waals surface area contributed by atoms with Crippen molar-refractivity contribution >= 4 is 0 Å². The molecule has 1 atom stereocenters. The number of rotatable bonds is 7. The van der Waals surface area contributed by atoms with Gasteiger partial charge in [0.2, 0.25) is 0 Å². The fourth-order valence-electron chi connectivity index (χ4n) is 2.99. The quantitative estimate of drug-likeness (QED) is 0.755. The molecule has 2 rings (SSSR count). The molecule has 0 heterocycles. The Labute approximate surface area is 129 Å². The van der Waals surface area contributed by atoms with Crippen molar-refractivity contribution in [3.8, 4) is 0 Å². The van der Waals surface area contributed by atoms with Crippen LogP contribution in [0.3, 0.4) is 0 Å². The molecule has 0 fully saturated rings. The predicted molar refractivity (Wildman–Crippen MR) is 91.7 cm³/mol. The van der Waals surface area contributed by atoms with Crippen LogP contribution in [0.5, 0.6) is 0 Å². The lowest BCUT2D eigenvalue weighted by atomic mass is 9.94. The average Bonchev–Trinajstić information content (AvgIpc) is 2.48. The van der Waals surface area contributed by atoms with Crippen LogP contribution in [0.4, 0.5) is 0 Å². The molecule has 1 nitrogen and oxygen atoms in total. The molecule has 0 aliphatic heterocycles. The maximum absolute atomic E-state index is 3.65. The van der Waals surface area contributed by atoms with E-state index in [0.29, 0.717) is 6.04 Å². The molecule has 2 aromatic rings. The van der Waals surface area contributed by atoms with Gasteiger partial charge in [0.05, 0.1) is 0 Å². The van der Waals surface area contributed by atoms with Crippen LogP contribution in [0.15, 0.2) is 48.5 Å². The molecule has 0 amide bonds. The van der Waals surface area contributed by atoms with Crippen LogP contribution in [-0.2, 0) is 6.42 Å². The van der Waals surface area contributed by atoms with Gasteiger partial charge in [-0.2, -0.15) is 0 Å². The van der Waals surface area contributed by atoms with E-state index in [2.05, 4.69) is 74.6 Å². The lowest BCUT2D eigenvalue weighted by molar-refractivity contribution is 0.496. The molecule has 0 aromatic heterocycles.